The fourth-order valence-electron chi connectivity index (χ4n) is 4.78. The van der Waals surface area contributed by atoms with Crippen LogP contribution >= 0.6 is 22.9 Å². The van der Waals surface area contributed by atoms with E-state index in [1.807, 2.05) is 24.4 Å². The van der Waals surface area contributed by atoms with Gasteiger partial charge in [0.15, 0.2) is 9.84 Å². The van der Waals surface area contributed by atoms with Gasteiger partial charge in [-0.3, -0.25) is 9.79 Å². The Labute approximate surface area is 200 Å². The van der Waals surface area contributed by atoms with Gasteiger partial charge in [0.2, 0.25) is 0 Å². The molecule has 3 N–H and O–H groups in total. The molecule has 8 nitrogen and oxygen atoms in total. The summed E-state index contributed by atoms with van der Waals surface area (Å²) in [4.78, 5) is 18.3. The van der Waals surface area contributed by atoms with Crippen LogP contribution in [-0.4, -0.2) is 40.3 Å². The zero-order valence-electron chi connectivity index (χ0n) is 17.8. The molecule has 3 aromatic heterocycles. The third-order valence-electron chi connectivity index (χ3n) is 6.58. The number of carbonyl (C=O) groups is 1. The Kier molecular flexibility index (Phi) is 5.70. The molecule has 33 heavy (non-hydrogen) atoms. The van der Waals surface area contributed by atoms with E-state index < -0.39 is 20.6 Å². The highest BCUT2D eigenvalue weighted by molar-refractivity contribution is 7.93. The summed E-state index contributed by atoms with van der Waals surface area (Å²) >= 11 is 7.59. The molecule has 2 aliphatic rings. The van der Waals surface area contributed by atoms with Gasteiger partial charge in [-0.2, -0.15) is 5.10 Å². The van der Waals surface area contributed by atoms with Gasteiger partial charge in [0.05, 0.1) is 27.4 Å². The van der Waals surface area contributed by atoms with Crippen molar-refractivity contribution in [2.75, 3.05) is 5.75 Å². The third kappa shape index (κ3) is 3.83. The number of pyridine rings is 1. The maximum absolute atomic E-state index is 13.3. The average molecular weight is 506 g/mol. The van der Waals surface area contributed by atoms with Gasteiger partial charge in [-0.1, -0.05) is 36.9 Å². The number of amidine groups is 1. The molecule has 4 heterocycles. The van der Waals surface area contributed by atoms with E-state index in [0.717, 1.165) is 41.7 Å². The van der Waals surface area contributed by atoms with Crippen LogP contribution in [0.15, 0.2) is 41.7 Å². The Morgan fingerprint density at radius 2 is 2.09 bits per heavy atom. The lowest BCUT2D eigenvalue weighted by Gasteiger charge is -2.40. The summed E-state index contributed by atoms with van der Waals surface area (Å²) < 4.78 is 27.2. The number of aromatic nitrogens is 2. The first-order valence-electron chi connectivity index (χ1n) is 10.9. The van der Waals surface area contributed by atoms with Crippen molar-refractivity contribution in [2.45, 2.75) is 49.4 Å². The van der Waals surface area contributed by atoms with Crippen LogP contribution in [-0.2, 0) is 16.4 Å². The molecule has 3 aromatic rings. The van der Waals surface area contributed by atoms with E-state index in [9.17, 15) is 13.2 Å². The van der Waals surface area contributed by atoms with Crippen molar-refractivity contribution >= 4 is 50.0 Å². The first kappa shape index (κ1) is 22.4. The molecular formula is C22H24ClN5O3S2. The van der Waals surface area contributed by atoms with Gasteiger partial charge in [-0.05, 0) is 31.0 Å². The number of nitrogens with zero attached hydrogens (tertiary/aromatic N) is 3. The maximum atomic E-state index is 13.3. The summed E-state index contributed by atoms with van der Waals surface area (Å²) in [6, 6.07) is 6.60. The van der Waals surface area contributed by atoms with Crippen molar-refractivity contribution in [2.24, 2.45) is 10.7 Å². The molecule has 0 aromatic carbocycles. The number of hydrogen-bond acceptors (Lipinski definition) is 7. The fourth-order valence-corrected chi connectivity index (χ4v) is 8.57. The zero-order valence-corrected chi connectivity index (χ0v) is 20.2. The van der Waals surface area contributed by atoms with E-state index in [-0.39, 0.29) is 17.5 Å². The van der Waals surface area contributed by atoms with Gasteiger partial charge < -0.3 is 11.1 Å². The molecular weight excluding hydrogens is 482 g/mol. The molecule has 0 unspecified atom stereocenters. The molecule has 1 atom stereocenters. The Morgan fingerprint density at radius 1 is 1.30 bits per heavy atom. The summed E-state index contributed by atoms with van der Waals surface area (Å²) in [5, 5.41) is 7.49. The van der Waals surface area contributed by atoms with Crippen molar-refractivity contribution < 1.29 is 13.2 Å². The predicted octanol–water partition coefficient (Wildman–Crippen LogP) is 3.51. The molecule has 1 spiro atoms. The molecule has 174 valence electrons. The van der Waals surface area contributed by atoms with E-state index in [0.29, 0.717) is 34.2 Å². The Bertz CT molecular complexity index is 1360. The first-order valence-corrected chi connectivity index (χ1v) is 13.7. The van der Waals surface area contributed by atoms with Gasteiger partial charge in [-0.15, -0.1) is 11.3 Å². The molecule has 1 amide bonds. The van der Waals surface area contributed by atoms with Crippen LogP contribution < -0.4 is 11.1 Å². The van der Waals surface area contributed by atoms with E-state index in [1.54, 1.807) is 16.8 Å². The van der Waals surface area contributed by atoms with Crippen LogP contribution in [0.4, 0.5) is 0 Å². The minimum atomic E-state index is -3.50. The number of thiophene rings is 1. The van der Waals surface area contributed by atoms with Gasteiger partial charge >= 0.3 is 0 Å². The van der Waals surface area contributed by atoms with Gasteiger partial charge in [-0.25, -0.2) is 12.9 Å². The van der Waals surface area contributed by atoms with Crippen molar-refractivity contribution in [3.8, 4) is 0 Å². The van der Waals surface area contributed by atoms with Crippen molar-refractivity contribution in [3.63, 3.8) is 0 Å². The van der Waals surface area contributed by atoms with E-state index in [4.69, 9.17) is 17.3 Å². The maximum Gasteiger partial charge on any atom is 0.261 e. The smallest absolute Gasteiger partial charge is 0.261 e. The monoisotopic (exact) mass is 505 g/mol. The van der Waals surface area contributed by atoms with Gasteiger partial charge in [0.25, 0.3) is 5.91 Å². The van der Waals surface area contributed by atoms with Crippen LogP contribution in [0, 0.1) is 0 Å². The SMILES string of the molecule is NC1=N[C@H](c2sc(C(=O)NCc3cnn4ccccc34)cc2Cl)CS(=O)(=O)C12CCCCC2. The number of nitrogens with one attached hydrogen (secondary N) is 1. The first-order chi connectivity index (χ1) is 15.8. The number of amides is 1. The summed E-state index contributed by atoms with van der Waals surface area (Å²) in [5.41, 5.74) is 8.06. The van der Waals surface area contributed by atoms with Crippen LogP contribution in [0.25, 0.3) is 5.52 Å². The lowest BCUT2D eigenvalue weighted by Crippen LogP contribution is -2.55. The molecule has 0 bridgehead atoms. The number of aliphatic imine (C=N–C) groups is 1. The van der Waals surface area contributed by atoms with E-state index in [1.165, 1.54) is 0 Å². The fraction of sp³-hybridized carbons (Fsp3) is 0.409. The van der Waals surface area contributed by atoms with Gasteiger partial charge in [0.1, 0.15) is 16.6 Å². The third-order valence-corrected chi connectivity index (χ3v) is 10.8. The van der Waals surface area contributed by atoms with E-state index in [2.05, 4.69) is 15.4 Å². The largest absolute Gasteiger partial charge is 0.386 e. The van der Waals surface area contributed by atoms with Crippen molar-refractivity contribution in [3.05, 3.63) is 57.0 Å². The van der Waals surface area contributed by atoms with Crippen LogP contribution in [0.3, 0.4) is 0 Å². The minimum Gasteiger partial charge on any atom is -0.386 e. The number of carbonyl (C=O) groups excluding carboxylic acids is 1. The second-order valence-corrected chi connectivity index (χ2v) is 12.4. The quantitative estimate of drug-likeness (QED) is 0.562. The zero-order chi connectivity index (χ0) is 23.2. The summed E-state index contributed by atoms with van der Waals surface area (Å²) in [6.07, 6.45) is 7.27. The number of halogens is 1. The molecule has 1 aliphatic heterocycles. The second kappa shape index (κ2) is 8.41. The molecule has 5 rings (SSSR count). The number of nitrogens with two attached hydrogens (primary N) is 1. The average Bonchev–Trinajstić information content (AvgIpc) is 3.40. The molecule has 1 saturated carbocycles. The lowest BCUT2D eigenvalue weighted by molar-refractivity contribution is 0.0955. The molecule has 0 radical (unpaired) electrons. The molecule has 1 fully saturated rings. The normalized spacial score (nSPS) is 21.7. The van der Waals surface area contributed by atoms with Crippen LogP contribution in [0.5, 0.6) is 0 Å². The van der Waals surface area contributed by atoms with Crippen LogP contribution in [0.2, 0.25) is 5.02 Å². The summed E-state index contributed by atoms with van der Waals surface area (Å²) in [7, 11) is -3.50. The van der Waals surface area contributed by atoms with E-state index >= 15 is 0 Å². The molecule has 11 heteroatoms. The van der Waals surface area contributed by atoms with Crippen LogP contribution in [0.1, 0.15) is 58.3 Å². The highest BCUT2D eigenvalue weighted by Crippen LogP contribution is 2.44. The number of rotatable bonds is 4. The molecule has 0 saturated heterocycles. The Balaban J connectivity index is 1.36. The van der Waals surface area contributed by atoms with Gasteiger partial charge in [0, 0.05) is 23.2 Å². The highest BCUT2D eigenvalue weighted by Gasteiger charge is 2.51. The predicted molar refractivity (Wildman–Crippen MR) is 130 cm³/mol. The Morgan fingerprint density at radius 3 is 2.85 bits per heavy atom. The summed E-state index contributed by atoms with van der Waals surface area (Å²) in [5.74, 6) is -0.248. The topological polar surface area (TPSA) is 119 Å². The Hall–Kier alpha value is -2.43. The second-order valence-electron chi connectivity index (χ2n) is 8.57. The standard InChI is InChI=1S/C22H24ClN5O3S2/c23-15-10-18(20(29)25-11-14-12-26-28-9-5-2-6-17(14)28)32-19(15)16-13-33(30,31)22(21(24)27-16)7-3-1-4-8-22/h2,5-6,9-10,12,16H,1,3-4,7-8,11,13H2,(H2,24,27)(H,25,29)/t16-/m0/s1. The number of sulfone groups is 1. The van der Waals surface area contributed by atoms with Crippen molar-refractivity contribution in [1.29, 1.82) is 0 Å². The number of fused-ring (bicyclic) bond motifs is 1. The molecule has 1 aliphatic carbocycles. The minimum absolute atomic E-state index is 0.141. The van der Waals surface area contributed by atoms with Crippen molar-refractivity contribution in [1.82, 2.24) is 14.9 Å². The lowest BCUT2D eigenvalue weighted by atomic mass is 9.87. The highest BCUT2D eigenvalue weighted by atomic mass is 35.5. The number of hydrogen-bond donors (Lipinski definition) is 2. The summed E-state index contributed by atoms with van der Waals surface area (Å²) in [6.45, 7) is 0.308.